The summed E-state index contributed by atoms with van der Waals surface area (Å²) >= 11 is 5.44. The number of ether oxygens (including phenoxy) is 2. The summed E-state index contributed by atoms with van der Waals surface area (Å²) in [6, 6.07) is 7.46. The van der Waals surface area contributed by atoms with Crippen molar-refractivity contribution in [2.75, 3.05) is 17.4 Å². The summed E-state index contributed by atoms with van der Waals surface area (Å²) in [5.41, 5.74) is 1.11. The van der Waals surface area contributed by atoms with E-state index < -0.39 is 33.1 Å². The summed E-state index contributed by atoms with van der Waals surface area (Å²) in [5, 5.41) is 5.57. The Labute approximate surface area is 198 Å². The first-order valence-corrected chi connectivity index (χ1v) is 13.3. The second kappa shape index (κ2) is 9.45. The van der Waals surface area contributed by atoms with Gasteiger partial charge in [0.1, 0.15) is 0 Å². The zero-order valence-corrected chi connectivity index (χ0v) is 20.1. The van der Waals surface area contributed by atoms with Crippen molar-refractivity contribution in [3.8, 4) is 17.2 Å². The SMILES string of the molecule is COc1cc2nccc(Oc3ccc(NC(=O)NC4CC4)c(Cl)c3F)c2cc1C(=O)[I-]C. The average molecular weight is 571 g/mol. The number of amides is 2. The summed E-state index contributed by atoms with van der Waals surface area (Å²) in [6.45, 7) is 0. The van der Waals surface area contributed by atoms with E-state index in [2.05, 4.69) is 15.6 Å². The van der Waals surface area contributed by atoms with Crippen molar-refractivity contribution in [2.45, 2.75) is 18.9 Å². The third-order valence-corrected chi connectivity index (χ3v) is 6.76. The standard InChI is InChI=1S/C22H19ClFIN3O4/c1-25-21(29)13-9-12-15(10-18(13)31-2)26-8-7-16(12)32-17-6-5-14(19(23)20(17)24)28-22(30)27-11-3-4-11/h5-11H,3-4H2,1-2H3,(H2,27,28,30)/q-1. The van der Waals surface area contributed by atoms with Crippen LogP contribution in [0.2, 0.25) is 5.02 Å². The van der Waals surface area contributed by atoms with Gasteiger partial charge in [0.2, 0.25) is 0 Å². The molecule has 1 fully saturated rings. The number of carbonyl (C=O) groups is 2. The summed E-state index contributed by atoms with van der Waals surface area (Å²) in [6.07, 6.45) is 3.38. The van der Waals surface area contributed by atoms with Crippen molar-refractivity contribution in [3.05, 3.63) is 52.9 Å². The molecule has 0 aliphatic heterocycles. The van der Waals surface area contributed by atoms with Crippen LogP contribution in [0.5, 0.6) is 17.2 Å². The predicted molar refractivity (Wildman–Crippen MR) is 115 cm³/mol. The Balaban J connectivity index is 1.66. The van der Waals surface area contributed by atoms with Crippen molar-refractivity contribution in [2.24, 2.45) is 0 Å². The molecule has 0 radical (unpaired) electrons. The van der Waals surface area contributed by atoms with Crippen LogP contribution in [0.25, 0.3) is 10.9 Å². The van der Waals surface area contributed by atoms with Crippen molar-refractivity contribution in [3.63, 3.8) is 0 Å². The molecular formula is C22H19ClFIN3O4-. The van der Waals surface area contributed by atoms with Crippen molar-refractivity contribution >= 4 is 38.0 Å². The van der Waals surface area contributed by atoms with E-state index in [1.807, 2.05) is 4.93 Å². The summed E-state index contributed by atoms with van der Waals surface area (Å²) in [4.78, 5) is 30.5. The Hall–Kier alpha value is -2.66. The number of urea groups is 1. The van der Waals surface area contributed by atoms with E-state index in [9.17, 15) is 14.0 Å². The fourth-order valence-corrected chi connectivity index (χ4v) is 4.26. The van der Waals surface area contributed by atoms with Gasteiger partial charge in [-0.15, -0.1) is 0 Å². The van der Waals surface area contributed by atoms with Gasteiger partial charge in [-0.25, -0.2) is 4.79 Å². The minimum absolute atomic E-state index is 0.00600. The Kier molecular flexibility index (Phi) is 6.66. The summed E-state index contributed by atoms with van der Waals surface area (Å²) in [7, 11) is 1.49. The van der Waals surface area contributed by atoms with Gasteiger partial charge in [0, 0.05) is 6.04 Å². The molecule has 0 saturated heterocycles. The molecule has 1 aromatic heterocycles. The molecule has 2 amide bonds. The maximum atomic E-state index is 14.9. The zero-order valence-electron chi connectivity index (χ0n) is 17.2. The average Bonchev–Trinajstić information content (AvgIpc) is 3.61. The van der Waals surface area contributed by atoms with E-state index in [4.69, 9.17) is 21.1 Å². The predicted octanol–water partition coefficient (Wildman–Crippen LogP) is 1.97. The Morgan fingerprint density at radius 1 is 1.19 bits per heavy atom. The van der Waals surface area contributed by atoms with Gasteiger partial charge in [0.05, 0.1) is 0 Å². The maximum absolute atomic E-state index is 14.9. The van der Waals surface area contributed by atoms with Crippen LogP contribution in [0.3, 0.4) is 0 Å². The van der Waals surface area contributed by atoms with Gasteiger partial charge < -0.3 is 5.32 Å². The second-order valence-electron chi connectivity index (χ2n) is 7.06. The fourth-order valence-electron chi connectivity index (χ4n) is 3.06. The number of fused-ring (bicyclic) bond motifs is 1. The summed E-state index contributed by atoms with van der Waals surface area (Å²) < 4.78 is 26.1. The van der Waals surface area contributed by atoms with Crippen LogP contribution in [-0.2, 0) is 0 Å². The molecule has 0 unspecified atom stereocenters. The number of rotatable bonds is 7. The zero-order chi connectivity index (χ0) is 22.8. The molecule has 2 aromatic carbocycles. The van der Waals surface area contributed by atoms with Gasteiger partial charge in [0.15, 0.2) is 0 Å². The van der Waals surface area contributed by atoms with Crippen LogP contribution in [0.1, 0.15) is 23.2 Å². The van der Waals surface area contributed by atoms with Crippen LogP contribution in [0.4, 0.5) is 14.9 Å². The Morgan fingerprint density at radius 3 is 2.66 bits per heavy atom. The monoisotopic (exact) mass is 570 g/mol. The molecule has 2 N–H and O–H groups in total. The molecule has 7 nitrogen and oxygen atoms in total. The molecule has 32 heavy (non-hydrogen) atoms. The van der Waals surface area contributed by atoms with Gasteiger partial charge >= 0.3 is 170 Å². The number of carbonyl (C=O) groups excluding carboxylic acids is 2. The van der Waals surface area contributed by atoms with E-state index in [0.29, 0.717) is 28.0 Å². The van der Waals surface area contributed by atoms with Crippen molar-refractivity contribution < 1.29 is 44.7 Å². The molecule has 4 rings (SSSR count). The van der Waals surface area contributed by atoms with E-state index >= 15 is 0 Å². The number of benzene rings is 2. The van der Waals surface area contributed by atoms with Gasteiger partial charge in [-0.05, 0) is 12.8 Å². The first kappa shape index (κ1) is 22.5. The Morgan fingerprint density at radius 2 is 1.97 bits per heavy atom. The number of hydrogen-bond donors (Lipinski definition) is 2. The third-order valence-electron chi connectivity index (χ3n) is 4.83. The molecule has 0 atom stereocenters. The molecule has 168 valence electrons. The van der Waals surface area contributed by atoms with Gasteiger partial charge in [-0.2, -0.15) is 0 Å². The number of anilines is 1. The number of alkyl halides is 1. The second-order valence-corrected chi connectivity index (χ2v) is 9.49. The van der Waals surface area contributed by atoms with Crippen LogP contribution in [0, 0.1) is 5.82 Å². The molecule has 3 aromatic rings. The molecule has 0 spiro atoms. The number of methoxy groups -OCH3 is 1. The number of halogens is 3. The van der Waals surface area contributed by atoms with Crippen molar-refractivity contribution in [1.82, 2.24) is 10.3 Å². The summed E-state index contributed by atoms with van der Waals surface area (Å²) in [5.74, 6) is -0.196. The van der Waals surface area contributed by atoms with Crippen LogP contribution in [-0.4, -0.2) is 32.9 Å². The molecule has 1 aliphatic carbocycles. The molecular weight excluding hydrogens is 552 g/mol. The van der Waals surface area contributed by atoms with Gasteiger partial charge in [-0.1, -0.05) is 0 Å². The normalized spacial score (nSPS) is 13.1. The number of nitrogens with zero attached hydrogens (tertiary/aromatic N) is 1. The van der Waals surface area contributed by atoms with E-state index in [0.717, 1.165) is 12.8 Å². The molecule has 10 heteroatoms. The third kappa shape index (κ3) is 4.73. The van der Waals surface area contributed by atoms with E-state index in [1.165, 1.54) is 25.4 Å². The van der Waals surface area contributed by atoms with Crippen LogP contribution in [0.15, 0.2) is 36.5 Å². The molecule has 1 heterocycles. The Bertz CT molecular complexity index is 1220. The number of hydrogen-bond acceptors (Lipinski definition) is 5. The van der Waals surface area contributed by atoms with Gasteiger partial charge in [-0.3, -0.25) is 0 Å². The topological polar surface area (TPSA) is 89.6 Å². The first-order valence-electron chi connectivity index (χ1n) is 9.65. The van der Waals surface area contributed by atoms with Crippen molar-refractivity contribution in [1.29, 1.82) is 0 Å². The molecule has 0 bridgehead atoms. The fraction of sp³-hybridized carbons (Fsp3) is 0.227. The number of nitrogens with one attached hydrogen (secondary N) is 2. The quantitative estimate of drug-likeness (QED) is 0.258. The van der Waals surface area contributed by atoms with Crippen LogP contribution < -0.4 is 41.3 Å². The minimum atomic E-state index is -0.815. The van der Waals surface area contributed by atoms with E-state index in [1.54, 1.807) is 18.2 Å². The molecule has 1 aliphatic rings. The van der Waals surface area contributed by atoms with Gasteiger partial charge in [0.25, 0.3) is 0 Å². The van der Waals surface area contributed by atoms with Crippen LogP contribution >= 0.6 is 11.6 Å². The van der Waals surface area contributed by atoms with E-state index in [-0.39, 0.29) is 26.3 Å². The molecule has 1 saturated carbocycles. The number of pyridine rings is 1. The number of aromatic nitrogens is 1. The first-order chi connectivity index (χ1) is 15.4.